The van der Waals surface area contributed by atoms with Crippen LogP contribution in [0.4, 0.5) is 0 Å². The van der Waals surface area contributed by atoms with Gasteiger partial charge in [0.15, 0.2) is 0 Å². The molecule has 1 N–H and O–H groups in total. The number of amides is 1. The number of ether oxygens (including phenoxy) is 2. The Balaban J connectivity index is 1.47. The highest BCUT2D eigenvalue weighted by Crippen LogP contribution is 2.24. The van der Waals surface area contributed by atoms with Crippen molar-refractivity contribution in [2.24, 2.45) is 0 Å². The second-order valence-corrected chi connectivity index (χ2v) is 6.67. The lowest BCUT2D eigenvalue weighted by Gasteiger charge is -2.05. The molecule has 0 aliphatic heterocycles. The Labute approximate surface area is 167 Å². The zero-order chi connectivity index (χ0) is 19.8. The fourth-order valence-corrected chi connectivity index (χ4v) is 2.96. The van der Waals surface area contributed by atoms with Gasteiger partial charge in [-0.15, -0.1) is 10.2 Å². The van der Waals surface area contributed by atoms with Gasteiger partial charge in [-0.3, -0.25) is 4.79 Å². The van der Waals surface area contributed by atoms with E-state index in [1.54, 1.807) is 7.11 Å². The summed E-state index contributed by atoms with van der Waals surface area (Å²) in [4.78, 5) is 12.0. The largest absolute Gasteiger partial charge is 0.497 e. The van der Waals surface area contributed by atoms with Gasteiger partial charge in [-0.25, -0.2) is 0 Å². The highest BCUT2D eigenvalue weighted by atomic mass is 32.2. The standard InChI is InChI=1S/C20H21N3O4S/c1-3-26-17-10-6-15(7-11-17)19-22-23-20(27-19)28-13-18(24)21-12-14-4-8-16(25-2)9-5-14/h4-11H,3,12-13H2,1-2H3,(H,21,24). The summed E-state index contributed by atoms with van der Waals surface area (Å²) in [6.45, 7) is 2.99. The van der Waals surface area contributed by atoms with E-state index in [2.05, 4.69) is 15.5 Å². The summed E-state index contributed by atoms with van der Waals surface area (Å²) in [5, 5.41) is 11.2. The zero-order valence-corrected chi connectivity index (χ0v) is 16.5. The van der Waals surface area contributed by atoms with Crippen LogP contribution in [0.5, 0.6) is 11.5 Å². The van der Waals surface area contributed by atoms with Crippen LogP contribution in [0.1, 0.15) is 12.5 Å². The molecular formula is C20H21N3O4S. The first kappa shape index (κ1) is 19.8. The lowest BCUT2D eigenvalue weighted by molar-refractivity contribution is -0.118. The predicted octanol–water partition coefficient (Wildman–Crippen LogP) is 3.55. The van der Waals surface area contributed by atoms with Gasteiger partial charge < -0.3 is 19.2 Å². The monoisotopic (exact) mass is 399 g/mol. The SMILES string of the molecule is CCOc1ccc(-c2nnc(SCC(=O)NCc3ccc(OC)cc3)o2)cc1. The van der Waals surface area contributed by atoms with Crippen molar-refractivity contribution in [1.29, 1.82) is 0 Å². The molecule has 0 radical (unpaired) electrons. The Morgan fingerprint density at radius 2 is 1.79 bits per heavy atom. The number of methoxy groups -OCH3 is 1. The van der Waals surface area contributed by atoms with Crippen LogP contribution in [-0.2, 0) is 11.3 Å². The number of thioether (sulfide) groups is 1. The van der Waals surface area contributed by atoms with Gasteiger partial charge in [0.05, 0.1) is 19.5 Å². The highest BCUT2D eigenvalue weighted by molar-refractivity contribution is 7.99. The molecule has 2 aromatic carbocycles. The summed E-state index contributed by atoms with van der Waals surface area (Å²) in [7, 11) is 1.62. The minimum absolute atomic E-state index is 0.110. The van der Waals surface area contributed by atoms with Gasteiger partial charge in [0.1, 0.15) is 11.5 Å². The van der Waals surface area contributed by atoms with Gasteiger partial charge in [0.25, 0.3) is 5.22 Å². The van der Waals surface area contributed by atoms with Crippen molar-refractivity contribution < 1.29 is 18.7 Å². The van der Waals surface area contributed by atoms with Crippen LogP contribution in [0.25, 0.3) is 11.5 Å². The summed E-state index contributed by atoms with van der Waals surface area (Å²) in [6, 6.07) is 14.9. The molecule has 7 nitrogen and oxygen atoms in total. The molecule has 0 atom stereocenters. The molecule has 1 amide bonds. The predicted molar refractivity (Wildman–Crippen MR) is 106 cm³/mol. The molecule has 146 valence electrons. The first-order valence-corrected chi connectivity index (χ1v) is 9.75. The molecule has 1 aromatic heterocycles. The van der Waals surface area contributed by atoms with Crippen LogP contribution < -0.4 is 14.8 Å². The maximum absolute atomic E-state index is 12.0. The average molecular weight is 399 g/mol. The van der Waals surface area contributed by atoms with Crippen LogP contribution in [0.15, 0.2) is 58.2 Å². The lowest BCUT2D eigenvalue weighted by atomic mass is 10.2. The fourth-order valence-electron chi connectivity index (χ4n) is 2.37. The third-order valence-electron chi connectivity index (χ3n) is 3.79. The van der Waals surface area contributed by atoms with E-state index in [-0.39, 0.29) is 11.7 Å². The minimum atomic E-state index is -0.110. The molecule has 1 heterocycles. The first-order valence-electron chi connectivity index (χ1n) is 8.77. The van der Waals surface area contributed by atoms with E-state index in [0.29, 0.717) is 24.3 Å². The summed E-state index contributed by atoms with van der Waals surface area (Å²) >= 11 is 1.20. The fraction of sp³-hybridized carbons (Fsp3) is 0.250. The third kappa shape index (κ3) is 5.50. The van der Waals surface area contributed by atoms with Gasteiger partial charge in [-0.2, -0.15) is 0 Å². The third-order valence-corrected chi connectivity index (χ3v) is 4.61. The highest BCUT2D eigenvalue weighted by Gasteiger charge is 2.11. The van der Waals surface area contributed by atoms with Crippen molar-refractivity contribution >= 4 is 17.7 Å². The average Bonchev–Trinajstić information content (AvgIpc) is 3.21. The van der Waals surface area contributed by atoms with Gasteiger partial charge in [-0.05, 0) is 48.9 Å². The molecule has 0 spiro atoms. The number of hydrogen-bond acceptors (Lipinski definition) is 7. The molecule has 0 unspecified atom stereocenters. The van der Waals surface area contributed by atoms with Crippen LogP contribution in [0.2, 0.25) is 0 Å². The molecule has 0 bridgehead atoms. The summed E-state index contributed by atoms with van der Waals surface area (Å²) in [5.41, 5.74) is 1.79. The van der Waals surface area contributed by atoms with Crippen molar-refractivity contribution in [3.8, 4) is 23.0 Å². The van der Waals surface area contributed by atoms with Gasteiger partial charge >= 0.3 is 0 Å². The van der Waals surface area contributed by atoms with E-state index in [9.17, 15) is 4.79 Å². The molecule has 0 aliphatic rings. The Bertz CT molecular complexity index is 895. The van der Waals surface area contributed by atoms with Crippen molar-refractivity contribution in [1.82, 2.24) is 15.5 Å². The van der Waals surface area contributed by atoms with E-state index in [4.69, 9.17) is 13.9 Å². The summed E-state index contributed by atoms with van der Waals surface area (Å²) in [6.07, 6.45) is 0. The van der Waals surface area contributed by atoms with Crippen LogP contribution in [0.3, 0.4) is 0 Å². The molecular weight excluding hydrogens is 378 g/mol. The van der Waals surface area contributed by atoms with Crippen molar-refractivity contribution in [2.45, 2.75) is 18.7 Å². The van der Waals surface area contributed by atoms with Crippen LogP contribution >= 0.6 is 11.8 Å². The minimum Gasteiger partial charge on any atom is -0.497 e. The van der Waals surface area contributed by atoms with Crippen molar-refractivity contribution in [3.05, 3.63) is 54.1 Å². The maximum Gasteiger partial charge on any atom is 0.277 e. The number of hydrogen-bond donors (Lipinski definition) is 1. The molecule has 3 aromatic rings. The maximum atomic E-state index is 12.0. The number of carbonyl (C=O) groups is 1. The Kier molecular flexibility index (Phi) is 6.91. The quantitative estimate of drug-likeness (QED) is 0.551. The van der Waals surface area contributed by atoms with E-state index in [1.807, 2.05) is 55.5 Å². The second kappa shape index (κ2) is 9.80. The van der Waals surface area contributed by atoms with Crippen molar-refractivity contribution in [2.75, 3.05) is 19.5 Å². The number of aromatic nitrogens is 2. The molecule has 0 saturated heterocycles. The second-order valence-electron chi connectivity index (χ2n) is 5.74. The first-order chi connectivity index (χ1) is 13.7. The van der Waals surface area contributed by atoms with Crippen LogP contribution in [0, 0.1) is 0 Å². The van der Waals surface area contributed by atoms with Gasteiger partial charge in [0, 0.05) is 12.1 Å². The molecule has 3 rings (SSSR count). The zero-order valence-electron chi connectivity index (χ0n) is 15.7. The Morgan fingerprint density at radius 1 is 1.07 bits per heavy atom. The smallest absolute Gasteiger partial charge is 0.277 e. The summed E-state index contributed by atoms with van der Waals surface area (Å²) in [5.74, 6) is 2.06. The Morgan fingerprint density at radius 3 is 2.46 bits per heavy atom. The van der Waals surface area contributed by atoms with Gasteiger partial charge in [0.2, 0.25) is 11.8 Å². The van der Waals surface area contributed by atoms with Crippen LogP contribution in [-0.4, -0.2) is 35.6 Å². The van der Waals surface area contributed by atoms with Gasteiger partial charge in [-0.1, -0.05) is 23.9 Å². The van der Waals surface area contributed by atoms with E-state index >= 15 is 0 Å². The molecule has 28 heavy (non-hydrogen) atoms. The normalized spacial score (nSPS) is 10.5. The lowest BCUT2D eigenvalue weighted by Crippen LogP contribution is -2.24. The molecule has 0 fully saturated rings. The molecule has 0 aliphatic carbocycles. The topological polar surface area (TPSA) is 86.5 Å². The number of benzene rings is 2. The molecule has 8 heteroatoms. The van der Waals surface area contributed by atoms with E-state index < -0.39 is 0 Å². The van der Waals surface area contributed by atoms with E-state index in [1.165, 1.54) is 11.8 Å². The summed E-state index contributed by atoms with van der Waals surface area (Å²) < 4.78 is 16.1. The number of nitrogens with one attached hydrogen (secondary N) is 1. The number of nitrogens with zero attached hydrogens (tertiary/aromatic N) is 2. The number of rotatable bonds is 9. The van der Waals surface area contributed by atoms with Crippen molar-refractivity contribution in [3.63, 3.8) is 0 Å². The number of carbonyl (C=O) groups excluding carboxylic acids is 1. The van der Waals surface area contributed by atoms with E-state index in [0.717, 1.165) is 22.6 Å². The Hall–Kier alpha value is -3.00. The molecule has 0 saturated carbocycles.